The summed E-state index contributed by atoms with van der Waals surface area (Å²) in [6.07, 6.45) is 5.25. The third-order valence-corrected chi connectivity index (χ3v) is 4.58. The van der Waals surface area contributed by atoms with Gasteiger partial charge in [-0.25, -0.2) is 0 Å². The molecule has 2 aromatic carbocycles. The van der Waals surface area contributed by atoms with Crippen molar-refractivity contribution in [3.8, 4) is 11.5 Å². The van der Waals surface area contributed by atoms with Gasteiger partial charge in [-0.3, -0.25) is 4.79 Å². The first kappa shape index (κ1) is 19.8. The number of hydrogen-bond donors (Lipinski definition) is 2. The number of nitrogens with one attached hydrogen (secondary N) is 1. The second-order valence-corrected chi connectivity index (χ2v) is 6.54. The van der Waals surface area contributed by atoms with Gasteiger partial charge in [0.25, 0.3) is 0 Å². The fourth-order valence-electron chi connectivity index (χ4n) is 3.04. The Morgan fingerprint density at radius 2 is 1.88 bits per heavy atom. The van der Waals surface area contributed by atoms with Crippen LogP contribution in [0.4, 0.5) is 0 Å². The molecule has 0 fully saturated rings. The van der Waals surface area contributed by atoms with Crippen LogP contribution in [0.1, 0.15) is 56.1 Å². The van der Waals surface area contributed by atoms with E-state index in [0.717, 1.165) is 36.8 Å². The topological polar surface area (TPSA) is 58.6 Å². The van der Waals surface area contributed by atoms with Crippen molar-refractivity contribution in [1.82, 2.24) is 5.32 Å². The van der Waals surface area contributed by atoms with Crippen molar-refractivity contribution in [2.45, 2.75) is 51.5 Å². The lowest BCUT2D eigenvalue weighted by Crippen LogP contribution is -2.29. The highest BCUT2D eigenvalue weighted by Crippen LogP contribution is 2.32. The molecule has 4 nitrogen and oxygen atoms in total. The number of carbonyl (C=O) groups is 1. The number of phenolic OH excluding ortho intramolecular Hbond substituents is 1. The molecule has 0 aromatic heterocycles. The Bertz CT molecular complexity index is 685. The Hall–Kier alpha value is -2.49. The second-order valence-electron chi connectivity index (χ2n) is 6.54. The van der Waals surface area contributed by atoms with E-state index in [9.17, 15) is 9.90 Å². The SMILES string of the molecule is CCCCCCC(C(=O)NCc1ccccc1)c1ccc(O)c(OC)c1. The molecule has 2 N–H and O–H groups in total. The first-order valence-corrected chi connectivity index (χ1v) is 9.34. The van der Waals surface area contributed by atoms with Crippen LogP contribution in [0.5, 0.6) is 11.5 Å². The lowest BCUT2D eigenvalue weighted by Gasteiger charge is -2.18. The van der Waals surface area contributed by atoms with Crippen LogP contribution < -0.4 is 10.1 Å². The predicted octanol–water partition coefficient (Wildman–Crippen LogP) is 4.77. The third-order valence-electron chi connectivity index (χ3n) is 4.58. The lowest BCUT2D eigenvalue weighted by atomic mass is 9.91. The van der Waals surface area contributed by atoms with Crippen molar-refractivity contribution in [2.75, 3.05) is 7.11 Å². The molecule has 0 radical (unpaired) electrons. The number of carbonyl (C=O) groups excluding carboxylic acids is 1. The van der Waals surface area contributed by atoms with Crippen LogP contribution in [0.15, 0.2) is 48.5 Å². The summed E-state index contributed by atoms with van der Waals surface area (Å²) in [5, 5.41) is 12.9. The van der Waals surface area contributed by atoms with E-state index in [1.165, 1.54) is 13.5 Å². The fourth-order valence-corrected chi connectivity index (χ4v) is 3.04. The molecule has 0 saturated carbocycles. The van der Waals surface area contributed by atoms with Crippen LogP contribution in [-0.4, -0.2) is 18.1 Å². The molecular weight excluding hydrogens is 326 g/mol. The summed E-state index contributed by atoms with van der Waals surface area (Å²) < 4.78 is 5.21. The molecule has 0 spiro atoms. The smallest absolute Gasteiger partial charge is 0.227 e. The third kappa shape index (κ3) is 5.80. The standard InChI is InChI=1S/C22H29NO3/c1-3-4-5-9-12-19(18-13-14-20(24)21(15-18)26-2)22(25)23-16-17-10-7-6-8-11-17/h6-8,10-11,13-15,19,24H,3-5,9,12,16H2,1-2H3,(H,23,25). The van der Waals surface area contributed by atoms with E-state index in [1.807, 2.05) is 36.4 Å². The highest BCUT2D eigenvalue weighted by atomic mass is 16.5. The van der Waals surface area contributed by atoms with E-state index in [-0.39, 0.29) is 17.6 Å². The molecule has 0 aliphatic carbocycles. The van der Waals surface area contributed by atoms with Gasteiger partial charge in [-0.1, -0.05) is 69.0 Å². The molecule has 0 aliphatic heterocycles. The van der Waals surface area contributed by atoms with E-state index in [4.69, 9.17) is 4.74 Å². The van der Waals surface area contributed by atoms with E-state index >= 15 is 0 Å². The van der Waals surface area contributed by atoms with Gasteiger partial charge < -0.3 is 15.2 Å². The lowest BCUT2D eigenvalue weighted by molar-refractivity contribution is -0.122. The van der Waals surface area contributed by atoms with Crippen LogP contribution in [0, 0.1) is 0 Å². The summed E-state index contributed by atoms with van der Waals surface area (Å²) in [5.74, 6) is 0.255. The largest absolute Gasteiger partial charge is 0.504 e. The van der Waals surface area contributed by atoms with Gasteiger partial charge in [-0.15, -0.1) is 0 Å². The zero-order chi connectivity index (χ0) is 18.8. The van der Waals surface area contributed by atoms with Gasteiger partial charge in [-0.05, 0) is 29.7 Å². The van der Waals surface area contributed by atoms with Crippen molar-refractivity contribution < 1.29 is 14.6 Å². The van der Waals surface area contributed by atoms with Gasteiger partial charge >= 0.3 is 0 Å². The number of hydrogen-bond acceptors (Lipinski definition) is 3. The average Bonchev–Trinajstić information content (AvgIpc) is 2.68. The van der Waals surface area contributed by atoms with Crippen molar-refractivity contribution in [2.24, 2.45) is 0 Å². The van der Waals surface area contributed by atoms with Crippen LogP contribution in [0.3, 0.4) is 0 Å². The van der Waals surface area contributed by atoms with Crippen molar-refractivity contribution in [3.05, 3.63) is 59.7 Å². The van der Waals surface area contributed by atoms with Crippen molar-refractivity contribution in [3.63, 3.8) is 0 Å². The zero-order valence-electron chi connectivity index (χ0n) is 15.7. The Labute approximate surface area is 156 Å². The highest BCUT2D eigenvalue weighted by Gasteiger charge is 2.21. The second kappa shape index (κ2) is 10.5. The van der Waals surface area contributed by atoms with E-state index < -0.39 is 0 Å². The fraction of sp³-hybridized carbons (Fsp3) is 0.409. The van der Waals surface area contributed by atoms with Crippen LogP contribution in [0.2, 0.25) is 0 Å². The molecule has 1 atom stereocenters. The summed E-state index contributed by atoms with van der Waals surface area (Å²) in [6, 6.07) is 15.1. The van der Waals surface area contributed by atoms with Gasteiger partial charge in [0.15, 0.2) is 11.5 Å². The van der Waals surface area contributed by atoms with Crippen LogP contribution in [0.25, 0.3) is 0 Å². The Kier molecular flexibility index (Phi) is 8.00. The van der Waals surface area contributed by atoms with Crippen molar-refractivity contribution >= 4 is 5.91 Å². The molecule has 2 aromatic rings. The minimum absolute atomic E-state index is 0.0121. The molecule has 1 amide bonds. The molecule has 2 rings (SSSR count). The van der Waals surface area contributed by atoms with E-state index in [0.29, 0.717) is 12.3 Å². The summed E-state index contributed by atoms with van der Waals surface area (Å²) in [5.41, 5.74) is 1.95. The molecule has 0 bridgehead atoms. The number of methoxy groups -OCH3 is 1. The predicted molar refractivity (Wildman–Crippen MR) is 104 cm³/mol. The van der Waals surface area contributed by atoms with Crippen molar-refractivity contribution in [1.29, 1.82) is 0 Å². The first-order chi connectivity index (χ1) is 12.7. The number of phenols is 1. The molecular formula is C22H29NO3. The number of amides is 1. The normalized spacial score (nSPS) is 11.8. The first-order valence-electron chi connectivity index (χ1n) is 9.34. The number of benzene rings is 2. The summed E-state index contributed by atoms with van der Waals surface area (Å²) in [4.78, 5) is 12.9. The van der Waals surface area contributed by atoms with Crippen LogP contribution in [-0.2, 0) is 11.3 Å². The van der Waals surface area contributed by atoms with Crippen LogP contribution >= 0.6 is 0 Å². The number of ether oxygens (including phenoxy) is 1. The van der Waals surface area contributed by atoms with E-state index in [1.54, 1.807) is 12.1 Å². The van der Waals surface area contributed by atoms with E-state index in [2.05, 4.69) is 12.2 Å². The average molecular weight is 355 g/mol. The maximum absolute atomic E-state index is 12.9. The van der Waals surface area contributed by atoms with Gasteiger partial charge in [0, 0.05) is 6.54 Å². The zero-order valence-corrected chi connectivity index (χ0v) is 15.7. The molecule has 4 heteroatoms. The number of aromatic hydroxyl groups is 1. The Morgan fingerprint density at radius 3 is 2.58 bits per heavy atom. The molecule has 0 saturated heterocycles. The molecule has 0 aliphatic rings. The molecule has 0 heterocycles. The molecule has 1 unspecified atom stereocenters. The quantitative estimate of drug-likeness (QED) is 0.604. The minimum atomic E-state index is -0.245. The highest BCUT2D eigenvalue weighted by molar-refractivity contribution is 5.83. The van der Waals surface area contributed by atoms with Gasteiger partial charge in [0.2, 0.25) is 5.91 Å². The summed E-state index contributed by atoms with van der Waals surface area (Å²) >= 11 is 0. The number of unbranched alkanes of at least 4 members (excludes halogenated alkanes) is 3. The molecule has 26 heavy (non-hydrogen) atoms. The Balaban J connectivity index is 2.10. The maximum Gasteiger partial charge on any atom is 0.227 e. The maximum atomic E-state index is 12.9. The summed E-state index contributed by atoms with van der Waals surface area (Å²) in [6.45, 7) is 2.69. The number of rotatable bonds is 10. The summed E-state index contributed by atoms with van der Waals surface area (Å²) in [7, 11) is 1.52. The van der Waals surface area contributed by atoms with Gasteiger partial charge in [-0.2, -0.15) is 0 Å². The minimum Gasteiger partial charge on any atom is -0.504 e. The van der Waals surface area contributed by atoms with Gasteiger partial charge in [0.05, 0.1) is 13.0 Å². The monoisotopic (exact) mass is 355 g/mol. The van der Waals surface area contributed by atoms with Gasteiger partial charge in [0.1, 0.15) is 0 Å². The Morgan fingerprint density at radius 1 is 1.12 bits per heavy atom. The molecule has 140 valence electrons.